The molecule has 1 N–H and O–H groups in total. The van der Waals surface area contributed by atoms with Gasteiger partial charge < -0.3 is 10.1 Å². The van der Waals surface area contributed by atoms with Crippen molar-refractivity contribution in [1.29, 1.82) is 0 Å². The summed E-state index contributed by atoms with van der Waals surface area (Å²) in [5.41, 5.74) is 2.83. The van der Waals surface area contributed by atoms with Crippen molar-refractivity contribution in [2.24, 2.45) is 0 Å². The van der Waals surface area contributed by atoms with Crippen LogP contribution in [-0.2, 0) is 20.7 Å². The number of esters is 1. The van der Waals surface area contributed by atoms with Crippen molar-refractivity contribution in [2.75, 3.05) is 16.8 Å². The number of aryl methyl sites for hydroxylation is 1. The summed E-state index contributed by atoms with van der Waals surface area (Å²) in [4.78, 5) is 41.6. The Hall–Kier alpha value is -3.55. The van der Waals surface area contributed by atoms with Gasteiger partial charge in [-0.25, -0.2) is 9.69 Å². The summed E-state index contributed by atoms with van der Waals surface area (Å²) in [7, 11) is 0. The number of thioether (sulfide) groups is 1. The molecule has 0 bridgehead atoms. The zero-order valence-corrected chi connectivity index (χ0v) is 22.9. The first-order valence-electron chi connectivity index (χ1n) is 12.6. The highest BCUT2D eigenvalue weighted by Gasteiger charge is 2.40. The highest BCUT2D eigenvalue weighted by molar-refractivity contribution is 8.04. The number of carbonyl (C=O) groups is 3. The monoisotopic (exact) mass is 548 g/mol. The highest BCUT2D eigenvalue weighted by atomic mass is 35.5. The summed E-state index contributed by atoms with van der Waals surface area (Å²) in [5, 5.41) is 3.70. The van der Waals surface area contributed by atoms with Crippen molar-refractivity contribution in [3.05, 3.63) is 99.5 Å². The predicted octanol–water partition coefficient (Wildman–Crippen LogP) is 7.24. The number of benzene rings is 3. The molecule has 8 heteroatoms. The number of unbranched alkanes of at least 4 members (excludes halogenated alkanes) is 1. The number of rotatable bonds is 11. The molecule has 3 aromatic rings. The van der Waals surface area contributed by atoms with E-state index in [1.54, 1.807) is 48.5 Å². The van der Waals surface area contributed by atoms with E-state index in [-0.39, 0.29) is 10.6 Å². The van der Waals surface area contributed by atoms with Crippen LogP contribution in [0.25, 0.3) is 0 Å². The van der Waals surface area contributed by atoms with Crippen molar-refractivity contribution in [3.63, 3.8) is 0 Å². The number of hydrogen-bond acceptors (Lipinski definition) is 6. The molecule has 0 spiro atoms. The lowest BCUT2D eigenvalue weighted by molar-refractivity contribution is -0.120. The molecule has 1 heterocycles. The van der Waals surface area contributed by atoms with Crippen molar-refractivity contribution in [1.82, 2.24) is 0 Å². The number of ether oxygens (including phenoxy) is 1. The van der Waals surface area contributed by atoms with Crippen molar-refractivity contribution in [3.8, 4) is 0 Å². The maximum atomic E-state index is 13.6. The van der Waals surface area contributed by atoms with E-state index < -0.39 is 17.8 Å². The molecule has 0 atom stereocenters. The maximum absolute atomic E-state index is 13.6. The van der Waals surface area contributed by atoms with Crippen molar-refractivity contribution in [2.45, 2.75) is 44.4 Å². The van der Waals surface area contributed by atoms with E-state index in [1.165, 1.54) is 16.7 Å². The molecule has 4 rings (SSSR count). The number of halogens is 1. The van der Waals surface area contributed by atoms with Gasteiger partial charge in [-0.1, -0.05) is 55.8 Å². The van der Waals surface area contributed by atoms with E-state index in [4.69, 9.17) is 16.3 Å². The number of imide groups is 1. The topological polar surface area (TPSA) is 75.7 Å². The van der Waals surface area contributed by atoms with E-state index in [2.05, 4.69) is 12.2 Å². The van der Waals surface area contributed by atoms with Gasteiger partial charge in [0.05, 0.1) is 17.9 Å². The summed E-state index contributed by atoms with van der Waals surface area (Å²) in [5.74, 6) is -1.25. The Balaban J connectivity index is 1.62. The molecule has 0 unspecified atom stereocenters. The lowest BCUT2D eigenvalue weighted by Crippen LogP contribution is -2.32. The number of anilines is 2. The highest BCUT2D eigenvalue weighted by Crippen LogP contribution is 2.38. The fourth-order valence-corrected chi connectivity index (χ4v) is 4.93. The van der Waals surface area contributed by atoms with Gasteiger partial charge in [0, 0.05) is 15.6 Å². The Bertz CT molecular complexity index is 1340. The largest absolute Gasteiger partial charge is 0.462 e. The molecule has 3 aromatic carbocycles. The van der Waals surface area contributed by atoms with Gasteiger partial charge in [0.1, 0.15) is 10.6 Å². The molecular formula is C30H29ClN2O4S. The number of nitrogens with zero attached hydrogens (tertiary/aromatic N) is 1. The Kier molecular flexibility index (Phi) is 9.26. The second kappa shape index (κ2) is 12.8. The fraction of sp³-hybridized carbons (Fsp3) is 0.233. The lowest BCUT2D eigenvalue weighted by atomic mass is 10.1. The third kappa shape index (κ3) is 6.47. The molecule has 0 saturated heterocycles. The number of nitrogens with one attached hydrogen (secondary N) is 1. The van der Waals surface area contributed by atoms with E-state index in [1.807, 2.05) is 31.2 Å². The van der Waals surface area contributed by atoms with Gasteiger partial charge in [0.25, 0.3) is 11.8 Å². The maximum Gasteiger partial charge on any atom is 0.338 e. The zero-order chi connectivity index (χ0) is 27.1. The molecular weight excluding hydrogens is 520 g/mol. The summed E-state index contributed by atoms with van der Waals surface area (Å²) >= 11 is 7.23. The molecule has 0 aromatic heterocycles. The normalized spacial score (nSPS) is 13.3. The van der Waals surface area contributed by atoms with Crippen molar-refractivity contribution >= 4 is 52.5 Å². The van der Waals surface area contributed by atoms with Gasteiger partial charge in [-0.2, -0.15) is 0 Å². The van der Waals surface area contributed by atoms with Crippen LogP contribution < -0.4 is 10.2 Å². The molecule has 0 aliphatic carbocycles. The lowest BCUT2D eigenvalue weighted by Gasteiger charge is -2.16. The molecule has 6 nitrogen and oxygen atoms in total. The van der Waals surface area contributed by atoms with Crippen LogP contribution in [0.4, 0.5) is 11.4 Å². The van der Waals surface area contributed by atoms with Gasteiger partial charge >= 0.3 is 5.97 Å². The molecule has 1 aliphatic heterocycles. The van der Waals surface area contributed by atoms with Gasteiger partial charge in [-0.15, -0.1) is 0 Å². The van der Waals surface area contributed by atoms with E-state index in [0.717, 1.165) is 36.1 Å². The number of hydrogen-bond donors (Lipinski definition) is 1. The van der Waals surface area contributed by atoms with Crippen LogP contribution in [0.1, 0.15) is 49.0 Å². The second-order valence-corrected chi connectivity index (χ2v) is 10.3. The smallest absolute Gasteiger partial charge is 0.338 e. The van der Waals surface area contributed by atoms with Crippen LogP contribution in [0.15, 0.2) is 88.3 Å². The molecule has 38 heavy (non-hydrogen) atoms. The number of carbonyl (C=O) groups excluding carboxylic acids is 3. The summed E-state index contributed by atoms with van der Waals surface area (Å²) in [6.07, 6.45) is 3.86. The van der Waals surface area contributed by atoms with Crippen LogP contribution in [0, 0.1) is 0 Å². The predicted molar refractivity (Wildman–Crippen MR) is 153 cm³/mol. The quantitative estimate of drug-likeness (QED) is 0.201. The van der Waals surface area contributed by atoms with Crippen LogP contribution >= 0.6 is 23.4 Å². The minimum atomic E-state index is -0.445. The van der Waals surface area contributed by atoms with Gasteiger partial charge in [-0.3, -0.25) is 9.59 Å². The molecule has 2 amide bonds. The van der Waals surface area contributed by atoms with Gasteiger partial charge in [0.15, 0.2) is 0 Å². The minimum Gasteiger partial charge on any atom is -0.462 e. The molecule has 0 radical (unpaired) electrons. The van der Waals surface area contributed by atoms with Crippen molar-refractivity contribution < 1.29 is 19.1 Å². The summed E-state index contributed by atoms with van der Waals surface area (Å²) in [6, 6.07) is 21.2. The first kappa shape index (κ1) is 27.5. The summed E-state index contributed by atoms with van der Waals surface area (Å²) in [6.45, 7) is 4.42. The van der Waals surface area contributed by atoms with Crippen LogP contribution in [0.3, 0.4) is 0 Å². The molecule has 196 valence electrons. The summed E-state index contributed by atoms with van der Waals surface area (Å²) < 4.78 is 5.18. The van der Waals surface area contributed by atoms with Crippen LogP contribution in [-0.4, -0.2) is 24.4 Å². The Morgan fingerprint density at radius 3 is 2.21 bits per heavy atom. The first-order valence-corrected chi connectivity index (χ1v) is 13.8. The number of amides is 2. The van der Waals surface area contributed by atoms with E-state index >= 15 is 0 Å². The molecule has 0 fully saturated rings. The average molecular weight is 549 g/mol. The standard InChI is InChI=1S/C30H29ClN2O4S/c1-3-5-6-20-7-15-24(16-8-20)33-28(34)26(27(29(33)35)38-25-17-11-22(31)12-18-25)32-23-13-9-21(10-14-23)30(36)37-19-4-2/h7-18,32H,3-6,19H2,1-2H3. The fourth-order valence-electron chi connectivity index (χ4n) is 3.87. The molecule has 1 aliphatic rings. The minimum absolute atomic E-state index is 0.173. The average Bonchev–Trinajstić information content (AvgIpc) is 3.16. The molecule has 0 saturated carbocycles. The van der Waals surface area contributed by atoms with Crippen LogP contribution in [0.5, 0.6) is 0 Å². The first-order chi connectivity index (χ1) is 18.4. The Labute approximate surface area is 232 Å². The zero-order valence-electron chi connectivity index (χ0n) is 21.3. The third-order valence-electron chi connectivity index (χ3n) is 5.92. The third-order valence-corrected chi connectivity index (χ3v) is 7.26. The second-order valence-electron chi connectivity index (χ2n) is 8.81. The van der Waals surface area contributed by atoms with E-state index in [0.29, 0.717) is 28.6 Å². The van der Waals surface area contributed by atoms with Gasteiger partial charge in [0.2, 0.25) is 0 Å². The Morgan fingerprint density at radius 1 is 0.895 bits per heavy atom. The van der Waals surface area contributed by atoms with E-state index in [9.17, 15) is 14.4 Å². The Morgan fingerprint density at radius 2 is 1.58 bits per heavy atom. The SMILES string of the molecule is CCCCc1ccc(N2C(=O)C(Nc3ccc(C(=O)OCCC)cc3)=C(Sc3ccc(Cl)cc3)C2=O)cc1. The van der Waals surface area contributed by atoms with Crippen LogP contribution in [0.2, 0.25) is 5.02 Å². The van der Waals surface area contributed by atoms with Gasteiger partial charge in [-0.05, 0) is 85.5 Å².